The number of carbonyl (C=O) groups excluding carboxylic acids is 1. The van der Waals surface area contributed by atoms with Crippen LogP contribution in [0.5, 0.6) is 5.75 Å². The van der Waals surface area contributed by atoms with Crippen molar-refractivity contribution in [3.63, 3.8) is 0 Å². The molecule has 0 radical (unpaired) electrons. The Morgan fingerprint density at radius 1 is 0.966 bits per heavy atom. The summed E-state index contributed by atoms with van der Waals surface area (Å²) in [6, 6.07) is 19.3. The molecule has 0 aliphatic rings. The number of hydrogen-bond acceptors (Lipinski definition) is 5. The number of methoxy groups -OCH3 is 1. The molecule has 0 saturated heterocycles. The SMILES string of the molecule is COc1ccc(-c2ccccc2)c2sc(N(C)C(=O)N(C)c3ccccn3)nc12. The molecule has 0 spiro atoms. The molecule has 0 aliphatic heterocycles. The van der Waals surface area contributed by atoms with E-state index in [0.717, 1.165) is 21.3 Å². The third-order valence-electron chi connectivity index (χ3n) is 4.65. The van der Waals surface area contributed by atoms with Crippen molar-refractivity contribution >= 4 is 38.5 Å². The van der Waals surface area contributed by atoms with Crippen LogP contribution in [0, 0.1) is 0 Å². The van der Waals surface area contributed by atoms with Gasteiger partial charge in [0.05, 0.1) is 11.8 Å². The van der Waals surface area contributed by atoms with E-state index < -0.39 is 0 Å². The van der Waals surface area contributed by atoms with Gasteiger partial charge in [-0.3, -0.25) is 9.80 Å². The Bertz CT molecular complexity index is 1150. The van der Waals surface area contributed by atoms with Gasteiger partial charge >= 0.3 is 6.03 Å². The molecule has 6 nitrogen and oxygen atoms in total. The highest BCUT2D eigenvalue weighted by atomic mass is 32.1. The number of urea groups is 1. The standard InChI is InChI=1S/C22H20N4O2S/c1-25(18-11-7-8-14-23-18)22(27)26(2)21-24-19-17(28-3)13-12-16(20(19)29-21)15-9-5-4-6-10-15/h4-14H,1-3H3. The molecule has 0 aliphatic carbocycles. The van der Waals surface area contributed by atoms with Crippen LogP contribution in [0.15, 0.2) is 66.9 Å². The van der Waals surface area contributed by atoms with E-state index in [2.05, 4.69) is 17.1 Å². The van der Waals surface area contributed by atoms with Crippen LogP contribution < -0.4 is 14.5 Å². The Hall–Kier alpha value is -3.45. The Balaban J connectivity index is 1.75. The first-order chi connectivity index (χ1) is 14.1. The van der Waals surface area contributed by atoms with Crippen LogP contribution >= 0.6 is 11.3 Å². The largest absolute Gasteiger partial charge is 0.494 e. The van der Waals surface area contributed by atoms with E-state index >= 15 is 0 Å². The first kappa shape index (κ1) is 18.9. The lowest BCUT2D eigenvalue weighted by molar-refractivity contribution is 0.253. The molecule has 0 N–H and O–H groups in total. The summed E-state index contributed by atoms with van der Waals surface area (Å²) in [6.45, 7) is 0. The summed E-state index contributed by atoms with van der Waals surface area (Å²) in [5.74, 6) is 1.26. The van der Waals surface area contributed by atoms with Crippen molar-refractivity contribution in [2.24, 2.45) is 0 Å². The number of amides is 2. The predicted molar refractivity (Wildman–Crippen MR) is 118 cm³/mol. The number of pyridine rings is 1. The van der Waals surface area contributed by atoms with Crippen molar-refractivity contribution in [1.29, 1.82) is 0 Å². The van der Waals surface area contributed by atoms with Crippen molar-refractivity contribution in [3.8, 4) is 16.9 Å². The third kappa shape index (κ3) is 3.52. The van der Waals surface area contributed by atoms with E-state index in [1.807, 2.05) is 42.5 Å². The van der Waals surface area contributed by atoms with Crippen molar-refractivity contribution < 1.29 is 9.53 Å². The quantitative estimate of drug-likeness (QED) is 0.477. The number of ether oxygens (including phenoxy) is 1. The van der Waals surface area contributed by atoms with Crippen molar-refractivity contribution in [3.05, 3.63) is 66.9 Å². The Morgan fingerprint density at radius 3 is 2.41 bits per heavy atom. The molecule has 2 aromatic carbocycles. The van der Waals surface area contributed by atoms with Gasteiger partial charge in [0, 0.05) is 25.9 Å². The van der Waals surface area contributed by atoms with Crippen LogP contribution in [0.3, 0.4) is 0 Å². The van der Waals surface area contributed by atoms with Gasteiger partial charge in [-0.2, -0.15) is 0 Å². The molecule has 0 unspecified atom stereocenters. The summed E-state index contributed by atoms with van der Waals surface area (Å²) in [6.07, 6.45) is 1.66. The van der Waals surface area contributed by atoms with Crippen molar-refractivity contribution in [2.75, 3.05) is 31.0 Å². The van der Waals surface area contributed by atoms with E-state index in [9.17, 15) is 4.79 Å². The molecule has 146 valence electrons. The highest BCUT2D eigenvalue weighted by Gasteiger charge is 2.23. The molecule has 4 aromatic rings. The van der Waals surface area contributed by atoms with Gasteiger partial charge in [-0.15, -0.1) is 0 Å². The van der Waals surface area contributed by atoms with Gasteiger partial charge in [-0.05, 0) is 29.8 Å². The number of rotatable bonds is 4. The van der Waals surface area contributed by atoms with Crippen LogP contribution in [-0.2, 0) is 0 Å². The van der Waals surface area contributed by atoms with Gasteiger partial charge in [-0.1, -0.05) is 47.7 Å². The number of aromatic nitrogens is 2. The molecular formula is C22H20N4O2S. The second-order valence-electron chi connectivity index (χ2n) is 6.44. The Labute approximate surface area is 173 Å². The molecule has 0 bridgehead atoms. The number of carbonyl (C=O) groups is 1. The summed E-state index contributed by atoms with van der Waals surface area (Å²) in [5.41, 5.74) is 2.90. The summed E-state index contributed by atoms with van der Waals surface area (Å²) in [4.78, 5) is 25.0. The molecule has 4 rings (SSSR count). The molecular weight excluding hydrogens is 384 g/mol. The lowest BCUT2D eigenvalue weighted by Gasteiger charge is -2.22. The first-order valence-corrected chi connectivity index (χ1v) is 9.87. The fourth-order valence-electron chi connectivity index (χ4n) is 3.08. The molecule has 2 amide bonds. The maximum Gasteiger partial charge on any atom is 0.331 e. The van der Waals surface area contributed by atoms with Gasteiger partial charge in [0.2, 0.25) is 0 Å². The number of anilines is 2. The predicted octanol–water partition coefficient (Wildman–Crippen LogP) is 5.06. The Kier molecular flexibility index (Phi) is 5.14. The van der Waals surface area contributed by atoms with Crippen LogP contribution in [0.2, 0.25) is 0 Å². The average molecular weight is 404 g/mol. The summed E-state index contributed by atoms with van der Waals surface area (Å²) in [7, 11) is 5.04. The third-order valence-corrected chi connectivity index (χ3v) is 5.82. The van der Waals surface area contributed by atoms with E-state index in [-0.39, 0.29) is 6.03 Å². The molecule has 0 atom stereocenters. The topological polar surface area (TPSA) is 58.6 Å². The van der Waals surface area contributed by atoms with Gasteiger partial charge in [0.1, 0.15) is 17.1 Å². The van der Waals surface area contributed by atoms with Crippen molar-refractivity contribution in [2.45, 2.75) is 0 Å². The number of thiazole rings is 1. The van der Waals surface area contributed by atoms with Crippen LogP contribution in [0.1, 0.15) is 0 Å². The summed E-state index contributed by atoms with van der Waals surface area (Å²) < 4.78 is 6.49. The monoisotopic (exact) mass is 404 g/mol. The van der Waals surface area contributed by atoms with E-state index in [4.69, 9.17) is 9.72 Å². The second-order valence-corrected chi connectivity index (χ2v) is 7.42. The van der Waals surface area contributed by atoms with Gasteiger partial charge < -0.3 is 4.74 Å². The maximum atomic E-state index is 13.0. The highest BCUT2D eigenvalue weighted by Crippen LogP contribution is 2.40. The summed E-state index contributed by atoms with van der Waals surface area (Å²) >= 11 is 1.46. The lowest BCUT2D eigenvalue weighted by atomic mass is 10.1. The van der Waals surface area contributed by atoms with Gasteiger partial charge in [0.25, 0.3) is 0 Å². The first-order valence-electron chi connectivity index (χ1n) is 9.05. The molecule has 2 aromatic heterocycles. The van der Waals surface area contributed by atoms with Crippen LogP contribution in [0.4, 0.5) is 15.7 Å². The van der Waals surface area contributed by atoms with Crippen LogP contribution in [0.25, 0.3) is 21.3 Å². The van der Waals surface area contributed by atoms with E-state index in [0.29, 0.717) is 16.7 Å². The average Bonchev–Trinajstić information content (AvgIpc) is 3.23. The number of nitrogens with zero attached hydrogens (tertiary/aromatic N) is 4. The zero-order valence-electron chi connectivity index (χ0n) is 16.4. The molecule has 29 heavy (non-hydrogen) atoms. The minimum absolute atomic E-state index is 0.219. The molecule has 0 saturated carbocycles. The van der Waals surface area contributed by atoms with E-state index in [1.165, 1.54) is 21.1 Å². The minimum atomic E-state index is -0.219. The number of benzene rings is 2. The Morgan fingerprint density at radius 2 is 1.72 bits per heavy atom. The van der Waals surface area contributed by atoms with Crippen LogP contribution in [-0.4, -0.2) is 37.2 Å². The molecule has 7 heteroatoms. The molecule has 2 heterocycles. The number of hydrogen-bond donors (Lipinski definition) is 0. The molecule has 0 fully saturated rings. The maximum absolute atomic E-state index is 13.0. The fourth-order valence-corrected chi connectivity index (χ4v) is 4.16. The van der Waals surface area contributed by atoms with Crippen molar-refractivity contribution in [1.82, 2.24) is 9.97 Å². The zero-order chi connectivity index (χ0) is 20.4. The normalized spacial score (nSPS) is 10.7. The smallest absolute Gasteiger partial charge is 0.331 e. The summed E-state index contributed by atoms with van der Waals surface area (Å²) in [5, 5.41) is 0.592. The lowest BCUT2D eigenvalue weighted by Crippen LogP contribution is -2.39. The second kappa shape index (κ2) is 7.89. The fraction of sp³-hybridized carbons (Fsp3) is 0.136. The van der Waals surface area contributed by atoms with Gasteiger partial charge in [0.15, 0.2) is 5.13 Å². The van der Waals surface area contributed by atoms with Gasteiger partial charge in [-0.25, -0.2) is 14.8 Å². The number of fused-ring (bicyclic) bond motifs is 1. The zero-order valence-corrected chi connectivity index (χ0v) is 17.2. The highest BCUT2D eigenvalue weighted by molar-refractivity contribution is 7.23. The van der Waals surface area contributed by atoms with E-state index in [1.54, 1.807) is 33.5 Å². The minimum Gasteiger partial charge on any atom is -0.494 e.